The Kier molecular flexibility index (Phi) is 4.99. The smallest absolute Gasteiger partial charge is 0.0459 e. The van der Waals surface area contributed by atoms with E-state index in [1.807, 2.05) is 12.3 Å². The summed E-state index contributed by atoms with van der Waals surface area (Å²) in [6, 6.07) is 15.9. The van der Waals surface area contributed by atoms with E-state index in [2.05, 4.69) is 111 Å². The Balaban J connectivity index is 1.36. The quantitative estimate of drug-likeness (QED) is 0.507. The van der Waals surface area contributed by atoms with E-state index in [9.17, 15) is 0 Å². The van der Waals surface area contributed by atoms with E-state index in [0.29, 0.717) is 5.92 Å². The van der Waals surface area contributed by atoms with Gasteiger partial charge < -0.3 is 5.32 Å². The maximum Gasteiger partial charge on any atom is 0.0459 e. The summed E-state index contributed by atoms with van der Waals surface area (Å²) < 4.78 is 0. The molecule has 0 amide bonds. The van der Waals surface area contributed by atoms with Gasteiger partial charge in [-0.1, -0.05) is 91.4 Å². The van der Waals surface area contributed by atoms with E-state index in [4.69, 9.17) is 0 Å². The summed E-state index contributed by atoms with van der Waals surface area (Å²) in [6.07, 6.45) is 20.8. The van der Waals surface area contributed by atoms with Crippen molar-refractivity contribution in [3.63, 3.8) is 0 Å². The third kappa shape index (κ3) is 3.23. The normalized spacial score (nSPS) is 20.2. The second-order valence-electron chi connectivity index (χ2n) is 9.46. The summed E-state index contributed by atoms with van der Waals surface area (Å²) in [6.45, 7) is 6.77. The minimum Gasteiger partial charge on any atom is -0.361 e. The first-order valence-corrected chi connectivity index (χ1v) is 12.2. The highest BCUT2D eigenvalue weighted by molar-refractivity contribution is 5.85. The number of aryl methyl sites for hydroxylation is 1. The fourth-order valence-corrected chi connectivity index (χ4v) is 5.74. The number of benzene rings is 2. The summed E-state index contributed by atoms with van der Waals surface area (Å²) >= 11 is 0. The Morgan fingerprint density at radius 2 is 1.62 bits per heavy atom. The van der Waals surface area contributed by atoms with Crippen LogP contribution >= 0.6 is 0 Å². The van der Waals surface area contributed by atoms with Gasteiger partial charge in [0.1, 0.15) is 0 Å². The molecule has 0 spiro atoms. The average Bonchev–Trinajstić information content (AvgIpc) is 3.41. The van der Waals surface area contributed by atoms with Crippen molar-refractivity contribution in [2.24, 2.45) is 0 Å². The van der Waals surface area contributed by atoms with Gasteiger partial charge >= 0.3 is 0 Å². The highest BCUT2D eigenvalue weighted by atomic mass is 14.9. The van der Waals surface area contributed by atoms with Crippen molar-refractivity contribution in [3.8, 4) is 11.1 Å². The fraction of sp³-hybridized carbons (Fsp3) is 0.152. The monoisotopic (exact) mass is 439 g/mol. The molecular weight excluding hydrogens is 410 g/mol. The molecule has 1 heteroatoms. The van der Waals surface area contributed by atoms with Crippen LogP contribution in [0.25, 0.3) is 17.2 Å². The van der Waals surface area contributed by atoms with E-state index in [1.54, 1.807) is 0 Å². The molecule has 34 heavy (non-hydrogen) atoms. The van der Waals surface area contributed by atoms with Crippen molar-refractivity contribution in [2.75, 3.05) is 0 Å². The topological polar surface area (TPSA) is 12.0 Å². The molecule has 166 valence electrons. The molecule has 0 saturated heterocycles. The van der Waals surface area contributed by atoms with Crippen molar-refractivity contribution >= 4 is 6.08 Å². The molecule has 3 aliphatic carbocycles. The van der Waals surface area contributed by atoms with Crippen LogP contribution in [0.4, 0.5) is 0 Å². The zero-order valence-electron chi connectivity index (χ0n) is 20.0. The molecule has 1 heterocycles. The lowest BCUT2D eigenvalue weighted by Crippen LogP contribution is -2.08. The van der Waals surface area contributed by atoms with Gasteiger partial charge in [0.15, 0.2) is 0 Å². The Bertz CT molecular complexity index is 1440. The van der Waals surface area contributed by atoms with E-state index in [1.165, 1.54) is 61.3 Å². The molecule has 0 radical (unpaired) electrons. The first-order valence-electron chi connectivity index (χ1n) is 12.2. The molecule has 2 aromatic carbocycles. The Morgan fingerprint density at radius 3 is 2.44 bits per heavy atom. The Labute approximate surface area is 202 Å². The Morgan fingerprint density at radius 1 is 0.794 bits per heavy atom. The van der Waals surface area contributed by atoms with Gasteiger partial charge in [-0.3, -0.25) is 0 Å². The summed E-state index contributed by atoms with van der Waals surface area (Å²) in [4.78, 5) is 0. The van der Waals surface area contributed by atoms with Crippen LogP contribution in [0, 0.1) is 0 Å². The maximum absolute atomic E-state index is 3.44. The molecule has 1 nitrogen and oxygen atoms in total. The zero-order chi connectivity index (χ0) is 23.2. The molecule has 1 atom stereocenters. The van der Waals surface area contributed by atoms with Crippen LogP contribution in [0.2, 0.25) is 0 Å². The predicted octanol–water partition coefficient (Wildman–Crippen LogP) is 8.10. The van der Waals surface area contributed by atoms with Crippen LogP contribution in [-0.2, 0) is 6.42 Å². The number of hydrogen-bond donors (Lipinski definition) is 1. The van der Waals surface area contributed by atoms with Crippen molar-refractivity contribution in [1.82, 2.24) is 5.32 Å². The standard InChI is InChI=1S/C33H29N/c1-4-23-12-14-24(15-13-23)25-9-8-10-27-29(25)19-21(2)32(27)33-22(3)20-30-26(16-17-28(30)33)31-11-6-5-7-18-34-31/h5-20,32,34H,4H2,1-3H3. The number of fused-ring (bicyclic) bond motifs is 2. The Hall–Kier alpha value is -3.84. The highest BCUT2D eigenvalue weighted by Crippen LogP contribution is 2.53. The number of allylic oxidation sites excluding steroid dienone is 12. The van der Waals surface area contributed by atoms with Crippen molar-refractivity contribution in [3.05, 3.63) is 147 Å². The van der Waals surface area contributed by atoms with Crippen LogP contribution in [0.3, 0.4) is 0 Å². The van der Waals surface area contributed by atoms with Gasteiger partial charge in [0.05, 0.1) is 0 Å². The molecule has 2 aromatic rings. The summed E-state index contributed by atoms with van der Waals surface area (Å²) in [5, 5.41) is 3.44. The van der Waals surface area contributed by atoms with Crippen LogP contribution in [0.5, 0.6) is 0 Å². The molecule has 0 aromatic heterocycles. The molecule has 0 saturated carbocycles. The van der Waals surface area contributed by atoms with Crippen molar-refractivity contribution in [2.45, 2.75) is 33.1 Å². The molecule has 0 bridgehead atoms. The highest BCUT2D eigenvalue weighted by Gasteiger charge is 2.35. The largest absolute Gasteiger partial charge is 0.361 e. The van der Waals surface area contributed by atoms with E-state index >= 15 is 0 Å². The third-order valence-electron chi connectivity index (χ3n) is 7.42. The third-order valence-corrected chi connectivity index (χ3v) is 7.42. The lowest BCUT2D eigenvalue weighted by Gasteiger charge is -2.21. The van der Waals surface area contributed by atoms with Crippen LogP contribution in [0.15, 0.2) is 130 Å². The molecule has 4 aliphatic rings. The average molecular weight is 440 g/mol. The first kappa shape index (κ1) is 20.7. The number of nitrogens with one attached hydrogen (secondary N) is 1. The predicted molar refractivity (Wildman–Crippen MR) is 144 cm³/mol. The SMILES string of the molecule is CCc1ccc(-c2cccc3c2C=C(C)C3C2=C(C)C=C3C(C4=CC=CC=CN4)=CC=C32)cc1. The zero-order valence-corrected chi connectivity index (χ0v) is 20.0. The lowest BCUT2D eigenvalue weighted by molar-refractivity contribution is 0.955. The number of rotatable bonds is 4. The van der Waals surface area contributed by atoms with Crippen LogP contribution in [0.1, 0.15) is 43.4 Å². The van der Waals surface area contributed by atoms with Gasteiger partial charge in [0.2, 0.25) is 0 Å². The van der Waals surface area contributed by atoms with Crippen molar-refractivity contribution in [1.29, 1.82) is 0 Å². The second kappa shape index (κ2) is 8.18. The van der Waals surface area contributed by atoms with Gasteiger partial charge in [-0.15, -0.1) is 0 Å². The molecule has 1 aliphatic heterocycles. The minimum absolute atomic E-state index is 0.300. The summed E-state index contributed by atoms with van der Waals surface area (Å²) in [5.74, 6) is 0.300. The molecule has 1 unspecified atom stereocenters. The van der Waals surface area contributed by atoms with Gasteiger partial charge in [-0.2, -0.15) is 0 Å². The maximum atomic E-state index is 3.44. The first-order chi connectivity index (χ1) is 16.7. The molecule has 1 N–H and O–H groups in total. The van der Waals surface area contributed by atoms with Gasteiger partial charge in [-0.05, 0) is 82.5 Å². The van der Waals surface area contributed by atoms with E-state index in [0.717, 1.165) is 12.1 Å². The van der Waals surface area contributed by atoms with Gasteiger partial charge in [0.25, 0.3) is 0 Å². The molecule has 0 fully saturated rings. The summed E-state index contributed by atoms with van der Waals surface area (Å²) in [5.41, 5.74) is 16.2. The van der Waals surface area contributed by atoms with E-state index in [-0.39, 0.29) is 0 Å². The summed E-state index contributed by atoms with van der Waals surface area (Å²) in [7, 11) is 0. The van der Waals surface area contributed by atoms with Crippen LogP contribution < -0.4 is 5.32 Å². The molecular formula is C33H29N. The minimum atomic E-state index is 0.300. The van der Waals surface area contributed by atoms with Gasteiger partial charge in [0, 0.05) is 23.4 Å². The van der Waals surface area contributed by atoms with Crippen molar-refractivity contribution < 1.29 is 0 Å². The van der Waals surface area contributed by atoms with E-state index < -0.39 is 0 Å². The fourth-order valence-electron chi connectivity index (χ4n) is 5.74. The second-order valence-corrected chi connectivity index (χ2v) is 9.46. The lowest BCUT2D eigenvalue weighted by atomic mass is 9.82. The number of hydrogen-bond acceptors (Lipinski definition) is 1. The van der Waals surface area contributed by atoms with Crippen LogP contribution in [-0.4, -0.2) is 0 Å². The van der Waals surface area contributed by atoms with Gasteiger partial charge in [-0.25, -0.2) is 0 Å². The molecule has 6 rings (SSSR count).